The summed E-state index contributed by atoms with van der Waals surface area (Å²) in [5, 5.41) is 13.6. The van der Waals surface area contributed by atoms with Crippen molar-refractivity contribution < 1.29 is 8.42 Å². The number of hydrogen-bond acceptors (Lipinski definition) is 5. The summed E-state index contributed by atoms with van der Waals surface area (Å²) in [6, 6.07) is 15.8. The van der Waals surface area contributed by atoms with Crippen molar-refractivity contribution in [2.75, 3.05) is 6.26 Å². The van der Waals surface area contributed by atoms with Crippen molar-refractivity contribution in [3.63, 3.8) is 0 Å². The second kappa shape index (κ2) is 7.03. The van der Waals surface area contributed by atoms with Crippen molar-refractivity contribution in [3.05, 3.63) is 64.3 Å². The number of rotatable bonds is 4. The van der Waals surface area contributed by atoms with Gasteiger partial charge in [-0.05, 0) is 29.8 Å². The highest BCUT2D eigenvalue weighted by Crippen LogP contribution is 2.27. The lowest BCUT2D eigenvalue weighted by Crippen LogP contribution is -2.02. The average Bonchev–Trinajstić information content (AvgIpc) is 3.05. The number of benzene rings is 2. The van der Waals surface area contributed by atoms with Gasteiger partial charge in [0.15, 0.2) is 15.5 Å². The number of hydrogen-bond donors (Lipinski definition) is 1. The molecule has 1 heterocycles. The Bertz CT molecular complexity index is 1110. The van der Waals surface area contributed by atoms with Crippen LogP contribution in [0.1, 0.15) is 11.3 Å². The molecule has 0 aliphatic rings. The second-order valence-corrected chi connectivity index (χ2v) is 8.58. The number of nitrogens with two attached hydrogens (primary N) is 1. The molecule has 0 radical (unpaired) electrons. The van der Waals surface area contributed by atoms with Crippen molar-refractivity contribution in [2.24, 2.45) is 5.73 Å². The van der Waals surface area contributed by atoms with Crippen LogP contribution < -0.4 is 5.73 Å². The molecule has 0 fully saturated rings. The quantitative estimate of drug-likeness (QED) is 0.684. The lowest BCUT2D eigenvalue weighted by atomic mass is 10.1. The van der Waals surface area contributed by atoms with Crippen molar-refractivity contribution in [1.29, 1.82) is 5.26 Å². The first-order valence-electron chi connectivity index (χ1n) is 7.63. The monoisotopic (exact) mass is 430 g/mol. The number of sulfone groups is 1. The van der Waals surface area contributed by atoms with E-state index in [4.69, 9.17) is 5.73 Å². The molecule has 0 saturated carbocycles. The molecule has 26 heavy (non-hydrogen) atoms. The van der Waals surface area contributed by atoms with Crippen molar-refractivity contribution >= 4 is 25.8 Å². The number of halogens is 1. The summed E-state index contributed by atoms with van der Waals surface area (Å²) < 4.78 is 25.8. The van der Waals surface area contributed by atoms with Gasteiger partial charge >= 0.3 is 0 Å². The van der Waals surface area contributed by atoms with Crippen molar-refractivity contribution in [3.8, 4) is 23.0 Å². The zero-order valence-corrected chi connectivity index (χ0v) is 16.3. The van der Waals surface area contributed by atoms with E-state index in [0.29, 0.717) is 12.2 Å². The molecule has 1 aromatic heterocycles. The summed E-state index contributed by atoms with van der Waals surface area (Å²) in [6.07, 6.45) is 1.16. The van der Waals surface area contributed by atoms with Crippen LogP contribution >= 0.6 is 15.9 Å². The highest BCUT2D eigenvalue weighted by atomic mass is 79.9. The molecule has 6 nitrogen and oxygen atoms in total. The Morgan fingerprint density at radius 3 is 2.42 bits per heavy atom. The molecule has 0 unspecified atom stereocenters. The van der Waals surface area contributed by atoms with E-state index in [1.165, 1.54) is 0 Å². The summed E-state index contributed by atoms with van der Waals surface area (Å²) in [4.78, 5) is 0.239. The van der Waals surface area contributed by atoms with Crippen LogP contribution in [0.5, 0.6) is 0 Å². The smallest absolute Gasteiger partial charge is 0.175 e. The van der Waals surface area contributed by atoms with E-state index in [2.05, 4.69) is 21.0 Å². The lowest BCUT2D eigenvalue weighted by molar-refractivity contribution is 0.602. The highest BCUT2D eigenvalue weighted by Gasteiger charge is 2.14. The fourth-order valence-corrected chi connectivity index (χ4v) is 3.70. The van der Waals surface area contributed by atoms with Crippen LogP contribution in [-0.2, 0) is 16.4 Å². The molecule has 0 aliphatic carbocycles. The van der Waals surface area contributed by atoms with Gasteiger partial charge in [0.1, 0.15) is 6.07 Å². The zero-order valence-electron chi connectivity index (χ0n) is 13.8. The molecule has 0 atom stereocenters. The van der Waals surface area contributed by atoms with Crippen LogP contribution in [0, 0.1) is 11.3 Å². The lowest BCUT2D eigenvalue weighted by Gasteiger charge is -2.10. The van der Waals surface area contributed by atoms with Gasteiger partial charge in [-0.1, -0.05) is 34.1 Å². The maximum atomic E-state index is 11.6. The van der Waals surface area contributed by atoms with Crippen LogP contribution in [0.15, 0.2) is 57.9 Å². The van der Waals surface area contributed by atoms with Gasteiger partial charge in [0, 0.05) is 28.9 Å². The molecule has 0 bridgehead atoms. The summed E-state index contributed by atoms with van der Waals surface area (Å²) in [5.41, 5.74) is 9.12. The van der Waals surface area contributed by atoms with Gasteiger partial charge in [0.05, 0.1) is 16.3 Å². The average molecular weight is 431 g/mol. The number of nitrogens with zero attached hydrogens (tertiary/aromatic N) is 3. The van der Waals surface area contributed by atoms with Crippen LogP contribution in [-0.4, -0.2) is 24.5 Å². The molecule has 2 N–H and O–H groups in total. The van der Waals surface area contributed by atoms with Gasteiger partial charge in [0.2, 0.25) is 0 Å². The van der Waals surface area contributed by atoms with Crippen LogP contribution in [0.3, 0.4) is 0 Å². The molecule has 0 saturated heterocycles. The fraction of sp³-hybridized carbons (Fsp3) is 0.111. The van der Waals surface area contributed by atoms with E-state index in [-0.39, 0.29) is 10.6 Å². The van der Waals surface area contributed by atoms with Gasteiger partial charge in [-0.2, -0.15) is 10.4 Å². The first kappa shape index (κ1) is 18.3. The third-order valence-electron chi connectivity index (χ3n) is 3.90. The maximum Gasteiger partial charge on any atom is 0.175 e. The van der Waals surface area contributed by atoms with Gasteiger partial charge in [0.25, 0.3) is 0 Å². The second-order valence-electron chi connectivity index (χ2n) is 5.71. The van der Waals surface area contributed by atoms with Crippen LogP contribution in [0.4, 0.5) is 0 Å². The Morgan fingerprint density at radius 1 is 1.19 bits per heavy atom. The topological polar surface area (TPSA) is 102 Å². The Labute approximate surface area is 159 Å². The summed E-state index contributed by atoms with van der Waals surface area (Å²) in [5.74, 6) is 0. The Kier molecular flexibility index (Phi) is 4.96. The Hall–Kier alpha value is -2.47. The Morgan fingerprint density at radius 2 is 1.88 bits per heavy atom. The molecule has 8 heteroatoms. The van der Waals surface area contributed by atoms with Crippen molar-refractivity contribution in [1.82, 2.24) is 9.78 Å². The third-order valence-corrected chi connectivity index (χ3v) is 5.77. The largest absolute Gasteiger partial charge is 0.326 e. The van der Waals surface area contributed by atoms with Gasteiger partial charge in [-0.3, -0.25) is 0 Å². The SMILES string of the molecule is CS(=O)(=O)c1ccc(-c2cc(C#N)nn2-c2ccc(CN)c(Br)c2)cc1. The van der Waals surface area contributed by atoms with Gasteiger partial charge < -0.3 is 5.73 Å². The third kappa shape index (κ3) is 3.55. The molecule has 2 aromatic carbocycles. The molecular weight excluding hydrogens is 416 g/mol. The summed E-state index contributed by atoms with van der Waals surface area (Å²) in [6.45, 7) is 0.406. The van der Waals surface area contributed by atoms with Gasteiger partial charge in [-0.15, -0.1) is 0 Å². The van der Waals surface area contributed by atoms with E-state index >= 15 is 0 Å². The summed E-state index contributed by atoms with van der Waals surface area (Å²) >= 11 is 3.49. The first-order chi connectivity index (χ1) is 12.3. The van der Waals surface area contributed by atoms with Crippen molar-refractivity contribution in [2.45, 2.75) is 11.4 Å². The number of nitriles is 1. The molecule has 0 aliphatic heterocycles. The summed E-state index contributed by atoms with van der Waals surface area (Å²) in [7, 11) is -3.27. The zero-order chi connectivity index (χ0) is 18.9. The van der Waals surface area contributed by atoms with E-state index < -0.39 is 9.84 Å². The fourth-order valence-electron chi connectivity index (χ4n) is 2.54. The highest BCUT2D eigenvalue weighted by molar-refractivity contribution is 9.10. The van der Waals surface area contributed by atoms with Gasteiger partial charge in [-0.25, -0.2) is 13.1 Å². The molecule has 3 rings (SSSR count). The Balaban J connectivity index is 2.13. The van der Waals surface area contributed by atoms with E-state index in [1.807, 2.05) is 24.3 Å². The molecular formula is C18H15BrN4O2S. The molecule has 3 aromatic rings. The molecule has 132 valence electrons. The van der Waals surface area contributed by atoms with E-state index in [0.717, 1.165) is 27.5 Å². The standard InChI is InChI=1S/C18H15BrN4O2S/c1-26(24,25)16-6-3-12(4-7-16)18-8-14(11-21)22-23(18)15-5-2-13(10-20)17(19)9-15/h2-9H,10,20H2,1H3. The predicted octanol–water partition coefficient (Wildman–Crippen LogP) is 3.04. The minimum Gasteiger partial charge on any atom is -0.326 e. The van der Waals surface area contributed by atoms with Crippen LogP contribution in [0.2, 0.25) is 0 Å². The van der Waals surface area contributed by atoms with Crippen LogP contribution in [0.25, 0.3) is 16.9 Å². The number of aromatic nitrogens is 2. The van der Waals surface area contributed by atoms with E-state index in [1.54, 1.807) is 35.0 Å². The minimum atomic E-state index is -3.27. The normalized spacial score (nSPS) is 11.3. The minimum absolute atomic E-state index is 0.239. The first-order valence-corrected chi connectivity index (χ1v) is 10.3. The molecule has 0 amide bonds. The molecule has 0 spiro atoms. The van der Waals surface area contributed by atoms with E-state index in [9.17, 15) is 13.7 Å². The predicted molar refractivity (Wildman–Crippen MR) is 102 cm³/mol. The maximum absolute atomic E-state index is 11.6.